The minimum Gasteiger partial charge on any atom is -0.349 e. The number of aromatic nitrogens is 4. The highest BCUT2D eigenvalue weighted by Crippen LogP contribution is 2.24. The third kappa shape index (κ3) is 0.914. The molecule has 0 bridgehead atoms. The largest absolute Gasteiger partial charge is 0.349 e. The molecule has 0 aromatic carbocycles. The van der Waals surface area contributed by atoms with Gasteiger partial charge < -0.3 is 4.98 Å². The number of aromatic amines is 1. The molecule has 1 N–H and O–H groups in total. The Bertz CT molecular complexity index is 616. The molecule has 0 radical (unpaired) electrons. The van der Waals surface area contributed by atoms with Gasteiger partial charge in [0.2, 0.25) is 0 Å². The average Bonchev–Trinajstić information content (AvgIpc) is 2.59. The summed E-state index contributed by atoms with van der Waals surface area (Å²) in [6.07, 6.45) is 3.16. The van der Waals surface area contributed by atoms with Crippen molar-refractivity contribution in [1.82, 2.24) is 19.9 Å². The predicted molar refractivity (Wildman–Crippen MR) is 54.2 cm³/mol. The predicted octanol–water partition coefficient (Wildman–Crippen LogP) is 2.16. The fraction of sp³-hybridized carbons (Fsp3) is 0. The Hall–Kier alpha value is -1.68. The Morgan fingerprint density at radius 2 is 2.07 bits per heavy atom. The van der Waals surface area contributed by atoms with E-state index in [0.29, 0.717) is 5.15 Å². The summed E-state index contributed by atoms with van der Waals surface area (Å²) >= 11 is 5.92. The average molecular weight is 205 g/mol. The zero-order chi connectivity index (χ0) is 9.54. The van der Waals surface area contributed by atoms with Gasteiger partial charge in [0.1, 0.15) is 22.9 Å². The molecule has 68 valence electrons. The van der Waals surface area contributed by atoms with Gasteiger partial charge in [-0.15, -0.1) is 0 Å². The van der Waals surface area contributed by atoms with Crippen molar-refractivity contribution in [2.45, 2.75) is 0 Å². The van der Waals surface area contributed by atoms with E-state index < -0.39 is 0 Å². The Balaban J connectivity index is 2.63. The van der Waals surface area contributed by atoms with Crippen LogP contribution in [-0.2, 0) is 0 Å². The van der Waals surface area contributed by atoms with Crippen molar-refractivity contribution >= 4 is 33.7 Å². The molecule has 0 unspecified atom stereocenters. The zero-order valence-electron chi connectivity index (χ0n) is 7.03. The minimum absolute atomic E-state index is 0.424. The lowest BCUT2D eigenvalue weighted by Crippen LogP contribution is -1.80. The van der Waals surface area contributed by atoms with Gasteiger partial charge in [-0.2, -0.15) is 0 Å². The van der Waals surface area contributed by atoms with Crippen LogP contribution in [0.25, 0.3) is 22.1 Å². The first-order valence-electron chi connectivity index (χ1n) is 4.09. The molecule has 0 saturated carbocycles. The Morgan fingerprint density at radius 3 is 3.00 bits per heavy atom. The summed E-state index contributed by atoms with van der Waals surface area (Å²) in [5.74, 6) is 0. The number of nitrogens with one attached hydrogen (secondary N) is 1. The monoisotopic (exact) mass is 204 g/mol. The second kappa shape index (κ2) is 2.65. The summed E-state index contributed by atoms with van der Waals surface area (Å²) in [4.78, 5) is 15.4. The van der Waals surface area contributed by atoms with Crippen LogP contribution in [0.3, 0.4) is 0 Å². The van der Waals surface area contributed by atoms with Gasteiger partial charge in [0, 0.05) is 6.20 Å². The van der Waals surface area contributed by atoms with E-state index in [2.05, 4.69) is 19.9 Å². The number of pyridine rings is 1. The minimum atomic E-state index is 0.424. The Kier molecular flexibility index (Phi) is 1.46. The molecular formula is C9H5ClN4. The molecule has 0 aliphatic rings. The molecule has 0 aliphatic carbocycles. The topological polar surface area (TPSA) is 54.5 Å². The molecular weight excluding hydrogens is 200 g/mol. The van der Waals surface area contributed by atoms with Crippen molar-refractivity contribution in [2.75, 3.05) is 0 Å². The summed E-state index contributed by atoms with van der Waals surface area (Å²) in [6, 6.07) is 3.79. The van der Waals surface area contributed by atoms with Crippen LogP contribution in [0.5, 0.6) is 0 Å². The molecule has 3 rings (SSSR count). The summed E-state index contributed by atoms with van der Waals surface area (Å²) in [6.45, 7) is 0. The van der Waals surface area contributed by atoms with Gasteiger partial charge in [-0.25, -0.2) is 9.97 Å². The van der Waals surface area contributed by atoms with E-state index in [1.165, 1.54) is 6.33 Å². The molecule has 3 aromatic rings. The van der Waals surface area contributed by atoms with E-state index in [4.69, 9.17) is 11.6 Å². The highest BCUT2D eigenvalue weighted by Gasteiger charge is 2.08. The number of hydrogen-bond donors (Lipinski definition) is 1. The number of hydrogen-bond acceptors (Lipinski definition) is 3. The van der Waals surface area contributed by atoms with Gasteiger partial charge in [-0.3, -0.25) is 4.98 Å². The van der Waals surface area contributed by atoms with Crippen LogP contribution in [0.15, 0.2) is 24.7 Å². The number of rotatable bonds is 0. The van der Waals surface area contributed by atoms with Crippen LogP contribution >= 0.6 is 11.6 Å². The Morgan fingerprint density at radius 1 is 1.14 bits per heavy atom. The maximum atomic E-state index is 5.92. The van der Waals surface area contributed by atoms with Crippen molar-refractivity contribution in [1.29, 1.82) is 0 Å². The van der Waals surface area contributed by atoms with Gasteiger partial charge in [-0.05, 0) is 12.1 Å². The SMILES string of the molecule is Clc1ncnc2c1[nH]c1cccnc12. The van der Waals surface area contributed by atoms with Gasteiger partial charge in [0.05, 0.1) is 5.52 Å². The standard InChI is InChI=1S/C9H5ClN4/c10-9-8-7(12-4-13-9)6-5(14-8)2-1-3-11-6/h1-4,14H. The van der Waals surface area contributed by atoms with Crippen LogP contribution in [0, 0.1) is 0 Å². The molecule has 0 spiro atoms. The van der Waals surface area contributed by atoms with Gasteiger partial charge in [-0.1, -0.05) is 11.6 Å². The quantitative estimate of drug-likeness (QED) is 0.571. The second-order valence-electron chi connectivity index (χ2n) is 2.91. The highest BCUT2D eigenvalue weighted by atomic mass is 35.5. The third-order valence-electron chi connectivity index (χ3n) is 2.09. The summed E-state index contributed by atoms with van der Waals surface area (Å²) in [5, 5.41) is 0.424. The number of H-pyrrole nitrogens is 1. The van der Waals surface area contributed by atoms with E-state index >= 15 is 0 Å². The summed E-state index contributed by atoms with van der Waals surface area (Å²) in [5.41, 5.74) is 3.25. The molecule has 0 aliphatic heterocycles. The van der Waals surface area contributed by atoms with Crippen molar-refractivity contribution in [3.63, 3.8) is 0 Å². The summed E-state index contributed by atoms with van der Waals surface area (Å²) < 4.78 is 0. The molecule has 4 nitrogen and oxygen atoms in total. The molecule has 5 heteroatoms. The maximum absolute atomic E-state index is 5.92. The molecule has 0 amide bonds. The lowest BCUT2D eigenvalue weighted by atomic mass is 10.3. The first-order chi connectivity index (χ1) is 6.86. The smallest absolute Gasteiger partial charge is 0.156 e. The van der Waals surface area contributed by atoms with Crippen LogP contribution in [0.4, 0.5) is 0 Å². The molecule has 0 atom stereocenters. The lowest BCUT2D eigenvalue weighted by molar-refractivity contribution is 1.22. The zero-order valence-corrected chi connectivity index (χ0v) is 7.78. The maximum Gasteiger partial charge on any atom is 0.156 e. The third-order valence-corrected chi connectivity index (χ3v) is 2.38. The molecule has 0 saturated heterocycles. The van der Waals surface area contributed by atoms with Crippen molar-refractivity contribution in [3.8, 4) is 0 Å². The first kappa shape index (κ1) is 7.70. The van der Waals surface area contributed by atoms with Crippen LogP contribution in [0.1, 0.15) is 0 Å². The van der Waals surface area contributed by atoms with Crippen LogP contribution in [-0.4, -0.2) is 19.9 Å². The van der Waals surface area contributed by atoms with Crippen LogP contribution < -0.4 is 0 Å². The lowest BCUT2D eigenvalue weighted by Gasteiger charge is -1.89. The fourth-order valence-corrected chi connectivity index (χ4v) is 1.66. The van der Waals surface area contributed by atoms with Crippen molar-refractivity contribution in [3.05, 3.63) is 29.8 Å². The van der Waals surface area contributed by atoms with Gasteiger partial charge >= 0.3 is 0 Å². The first-order valence-corrected chi connectivity index (χ1v) is 4.47. The normalized spacial score (nSPS) is 11.2. The number of halogens is 1. The second-order valence-corrected chi connectivity index (χ2v) is 3.27. The number of nitrogens with zero attached hydrogens (tertiary/aromatic N) is 3. The van der Waals surface area contributed by atoms with E-state index in [1.807, 2.05) is 12.1 Å². The van der Waals surface area contributed by atoms with Crippen molar-refractivity contribution in [2.24, 2.45) is 0 Å². The molecule has 0 fully saturated rings. The van der Waals surface area contributed by atoms with E-state index in [0.717, 1.165) is 22.1 Å². The van der Waals surface area contributed by atoms with Gasteiger partial charge in [0.15, 0.2) is 5.15 Å². The highest BCUT2D eigenvalue weighted by molar-refractivity contribution is 6.34. The van der Waals surface area contributed by atoms with Crippen LogP contribution in [0.2, 0.25) is 5.15 Å². The molecule has 3 heterocycles. The number of fused-ring (bicyclic) bond motifs is 3. The Labute approximate surface area is 84.0 Å². The molecule has 3 aromatic heterocycles. The van der Waals surface area contributed by atoms with Crippen molar-refractivity contribution < 1.29 is 0 Å². The van der Waals surface area contributed by atoms with E-state index in [1.54, 1.807) is 6.20 Å². The van der Waals surface area contributed by atoms with E-state index in [-0.39, 0.29) is 0 Å². The van der Waals surface area contributed by atoms with E-state index in [9.17, 15) is 0 Å². The van der Waals surface area contributed by atoms with Gasteiger partial charge in [0.25, 0.3) is 0 Å². The molecule has 14 heavy (non-hydrogen) atoms. The summed E-state index contributed by atoms with van der Waals surface area (Å²) in [7, 11) is 0. The fourth-order valence-electron chi connectivity index (χ4n) is 1.48.